The van der Waals surface area contributed by atoms with Crippen LogP contribution in [0.4, 0.5) is 0 Å². The first-order valence-corrected chi connectivity index (χ1v) is 4.44. The molecule has 0 atom stereocenters. The van der Waals surface area contributed by atoms with Crippen molar-refractivity contribution in [3.05, 3.63) is 12.7 Å². The molecule has 0 aromatic rings. The Morgan fingerprint density at radius 3 is 2.92 bits per heavy atom. The largest absolute Gasteiger partial charge is 0.326 e. The maximum Gasteiger partial charge on any atom is 0.238 e. The van der Waals surface area contributed by atoms with Crippen molar-refractivity contribution in [3.8, 4) is 0 Å². The van der Waals surface area contributed by atoms with Gasteiger partial charge in [-0.05, 0) is 12.8 Å². The molecule has 1 heterocycles. The number of carbonyl (C=O) groups excluding carboxylic acids is 1. The molecule has 12 heavy (non-hydrogen) atoms. The highest BCUT2D eigenvalue weighted by Crippen LogP contribution is 2.29. The normalized spacial score (nSPS) is 25.0. The first-order chi connectivity index (χ1) is 5.81. The summed E-state index contributed by atoms with van der Waals surface area (Å²) in [6.45, 7) is 5.89. The minimum Gasteiger partial charge on any atom is -0.326 e. The van der Waals surface area contributed by atoms with Crippen LogP contribution in [0, 0.1) is 0 Å². The molecule has 1 aliphatic carbocycles. The third kappa shape index (κ3) is 1.37. The van der Waals surface area contributed by atoms with Crippen LogP contribution in [0.3, 0.4) is 0 Å². The van der Waals surface area contributed by atoms with Crippen molar-refractivity contribution in [1.29, 1.82) is 0 Å². The van der Waals surface area contributed by atoms with Crippen molar-refractivity contribution < 1.29 is 4.79 Å². The van der Waals surface area contributed by atoms with E-state index in [0.29, 0.717) is 18.5 Å². The van der Waals surface area contributed by atoms with Gasteiger partial charge in [-0.1, -0.05) is 6.08 Å². The van der Waals surface area contributed by atoms with Gasteiger partial charge in [0.15, 0.2) is 0 Å². The Hall–Kier alpha value is -0.830. The SMILES string of the molecule is C=CCN1CC(=O)N(C2CC2)C1. The van der Waals surface area contributed by atoms with Crippen LogP contribution < -0.4 is 0 Å². The second-order valence-corrected chi connectivity index (χ2v) is 3.54. The first kappa shape index (κ1) is 7.80. The predicted molar refractivity (Wildman–Crippen MR) is 46.5 cm³/mol. The molecule has 1 saturated heterocycles. The lowest BCUT2D eigenvalue weighted by Gasteiger charge is -2.15. The minimum atomic E-state index is 0.291. The third-order valence-corrected chi connectivity index (χ3v) is 2.41. The van der Waals surface area contributed by atoms with Crippen LogP contribution in [0.15, 0.2) is 12.7 Å². The summed E-state index contributed by atoms with van der Waals surface area (Å²) in [4.78, 5) is 15.5. The van der Waals surface area contributed by atoms with E-state index in [1.165, 1.54) is 12.8 Å². The van der Waals surface area contributed by atoms with Crippen LogP contribution in [0.2, 0.25) is 0 Å². The monoisotopic (exact) mass is 166 g/mol. The molecule has 0 aromatic heterocycles. The molecule has 3 heteroatoms. The van der Waals surface area contributed by atoms with Crippen molar-refractivity contribution in [2.75, 3.05) is 19.8 Å². The van der Waals surface area contributed by atoms with Gasteiger partial charge in [-0.3, -0.25) is 9.69 Å². The summed E-state index contributed by atoms with van der Waals surface area (Å²) in [5.41, 5.74) is 0. The predicted octanol–water partition coefficient (Wildman–Crippen LogP) is 0.436. The van der Waals surface area contributed by atoms with Gasteiger partial charge in [0.05, 0.1) is 13.2 Å². The van der Waals surface area contributed by atoms with E-state index in [1.807, 2.05) is 11.0 Å². The minimum absolute atomic E-state index is 0.291. The lowest BCUT2D eigenvalue weighted by atomic mass is 10.5. The van der Waals surface area contributed by atoms with Crippen LogP contribution in [0.1, 0.15) is 12.8 Å². The highest BCUT2D eigenvalue weighted by Gasteiger charge is 2.37. The zero-order valence-corrected chi connectivity index (χ0v) is 7.20. The number of hydrogen-bond acceptors (Lipinski definition) is 2. The molecule has 1 aliphatic heterocycles. The quantitative estimate of drug-likeness (QED) is 0.568. The topological polar surface area (TPSA) is 23.6 Å². The summed E-state index contributed by atoms with van der Waals surface area (Å²) >= 11 is 0. The second-order valence-electron chi connectivity index (χ2n) is 3.54. The van der Waals surface area contributed by atoms with Gasteiger partial charge < -0.3 is 4.90 Å². The van der Waals surface area contributed by atoms with Crippen LogP contribution in [-0.2, 0) is 4.79 Å². The van der Waals surface area contributed by atoms with Gasteiger partial charge in [0.25, 0.3) is 0 Å². The molecular formula is C9H14N2O. The lowest BCUT2D eigenvalue weighted by molar-refractivity contribution is -0.127. The summed E-state index contributed by atoms with van der Waals surface area (Å²) in [7, 11) is 0. The fourth-order valence-corrected chi connectivity index (χ4v) is 1.64. The number of amides is 1. The molecule has 1 amide bonds. The highest BCUT2D eigenvalue weighted by atomic mass is 16.2. The molecule has 0 unspecified atom stereocenters. The Balaban J connectivity index is 1.92. The van der Waals surface area contributed by atoms with E-state index in [9.17, 15) is 4.79 Å². The third-order valence-electron chi connectivity index (χ3n) is 2.41. The summed E-state index contributed by atoms with van der Waals surface area (Å²) in [6.07, 6.45) is 4.25. The average molecular weight is 166 g/mol. The number of nitrogens with zero attached hydrogens (tertiary/aromatic N) is 2. The van der Waals surface area contributed by atoms with Crippen molar-refractivity contribution in [1.82, 2.24) is 9.80 Å². The summed E-state index contributed by atoms with van der Waals surface area (Å²) in [6, 6.07) is 0.562. The summed E-state index contributed by atoms with van der Waals surface area (Å²) < 4.78 is 0. The van der Waals surface area contributed by atoms with Gasteiger partial charge in [0, 0.05) is 12.6 Å². The van der Waals surface area contributed by atoms with Gasteiger partial charge in [0.1, 0.15) is 0 Å². The molecule has 2 aliphatic rings. The van der Waals surface area contributed by atoms with E-state index in [2.05, 4.69) is 11.5 Å². The van der Waals surface area contributed by atoms with Crippen molar-refractivity contribution in [2.24, 2.45) is 0 Å². The van der Waals surface area contributed by atoms with Gasteiger partial charge in [0.2, 0.25) is 5.91 Å². The Kier molecular flexibility index (Phi) is 1.89. The fourth-order valence-electron chi connectivity index (χ4n) is 1.64. The standard InChI is InChI=1S/C9H14N2O/c1-2-5-10-6-9(12)11(7-10)8-3-4-8/h2,8H,1,3-7H2. The maximum absolute atomic E-state index is 11.4. The molecule has 0 radical (unpaired) electrons. The zero-order chi connectivity index (χ0) is 8.55. The van der Waals surface area contributed by atoms with Crippen molar-refractivity contribution >= 4 is 5.91 Å². The molecule has 2 fully saturated rings. The van der Waals surface area contributed by atoms with E-state index in [-0.39, 0.29) is 0 Å². The summed E-state index contributed by atoms with van der Waals surface area (Å²) in [5, 5.41) is 0. The Labute approximate surface area is 72.6 Å². The average Bonchev–Trinajstić information content (AvgIpc) is 2.79. The fraction of sp³-hybridized carbons (Fsp3) is 0.667. The van der Waals surface area contributed by atoms with Gasteiger partial charge in [-0.2, -0.15) is 0 Å². The Morgan fingerprint density at radius 2 is 2.33 bits per heavy atom. The van der Waals surface area contributed by atoms with Crippen molar-refractivity contribution in [2.45, 2.75) is 18.9 Å². The maximum atomic E-state index is 11.4. The van der Waals surface area contributed by atoms with E-state index >= 15 is 0 Å². The van der Waals surface area contributed by atoms with E-state index in [0.717, 1.165) is 13.2 Å². The van der Waals surface area contributed by atoms with E-state index in [1.54, 1.807) is 0 Å². The molecule has 0 bridgehead atoms. The zero-order valence-electron chi connectivity index (χ0n) is 7.20. The second kappa shape index (κ2) is 2.90. The smallest absolute Gasteiger partial charge is 0.238 e. The first-order valence-electron chi connectivity index (χ1n) is 4.44. The van der Waals surface area contributed by atoms with Gasteiger partial charge >= 0.3 is 0 Å². The molecular weight excluding hydrogens is 152 g/mol. The van der Waals surface area contributed by atoms with E-state index in [4.69, 9.17) is 0 Å². The van der Waals surface area contributed by atoms with Gasteiger partial charge in [-0.25, -0.2) is 0 Å². The van der Waals surface area contributed by atoms with Crippen molar-refractivity contribution in [3.63, 3.8) is 0 Å². The molecule has 0 N–H and O–H groups in total. The van der Waals surface area contributed by atoms with Crippen LogP contribution in [-0.4, -0.2) is 41.5 Å². The number of carbonyl (C=O) groups is 1. The molecule has 2 rings (SSSR count). The lowest BCUT2D eigenvalue weighted by Crippen LogP contribution is -2.29. The van der Waals surface area contributed by atoms with Gasteiger partial charge in [-0.15, -0.1) is 6.58 Å². The molecule has 1 saturated carbocycles. The number of rotatable bonds is 3. The van der Waals surface area contributed by atoms with Crippen LogP contribution in [0.25, 0.3) is 0 Å². The number of hydrogen-bond donors (Lipinski definition) is 0. The van der Waals surface area contributed by atoms with Crippen LogP contribution in [0.5, 0.6) is 0 Å². The van der Waals surface area contributed by atoms with E-state index < -0.39 is 0 Å². The Morgan fingerprint density at radius 1 is 1.58 bits per heavy atom. The Bertz CT molecular complexity index is 211. The highest BCUT2D eigenvalue weighted by molar-refractivity contribution is 5.80. The molecule has 0 aromatic carbocycles. The summed E-state index contributed by atoms with van der Waals surface area (Å²) in [5.74, 6) is 0.291. The van der Waals surface area contributed by atoms with Crippen LogP contribution >= 0.6 is 0 Å². The molecule has 0 spiro atoms. The molecule has 3 nitrogen and oxygen atoms in total. The molecule has 66 valence electrons.